The number of carbonyl (C=O) groups is 1. The maximum absolute atomic E-state index is 10.8. The van der Waals surface area contributed by atoms with Gasteiger partial charge < -0.3 is 9.47 Å². The van der Waals surface area contributed by atoms with E-state index in [1.54, 1.807) is 32.0 Å². The van der Waals surface area contributed by atoms with E-state index in [9.17, 15) is 4.79 Å². The molecule has 0 spiro atoms. The Bertz CT molecular complexity index is 576. The average molecular weight is 246 g/mol. The van der Waals surface area contributed by atoms with Crippen LogP contribution in [0.2, 0.25) is 0 Å². The van der Waals surface area contributed by atoms with E-state index in [-0.39, 0.29) is 0 Å². The molecular weight excluding hydrogens is 232 g/mol. The molecule has 5 nitrogen and oxygen atoms in total. The van der Waals surface area contributed by atoms with Gasteiger partial charge in [-0.15, -0.1) is 0 Å². The third-order valence-corrected chi connectivity index (χ3v) is 2.72. The first kappa shape index (κ1) is 12.2. The number of ether oxygens (including phenoxy) is 2. The van der Waals surface area contributed by atoms with Crippen molar-refractivity contribution in [3.63, 3.8) is 0 Å². The summed E-state index contributed by atoms with van der Waals surface area (Å²) < 4.78 is 11.9. The predicted molar refractivity (Wildman–Crippen MR) is 67.1 cm³/mol. The smallest absolute Gasteiger partial charge is 0.168 e. The van der Waals surface area contributed by atoms with Gasteiger partial charge in [-0.1, -0.05) is 0 Å². The number of methoxy groups -OCH3 is 2. The molecule has 1 aromatic carbocycles. The maximum atomic E-state index is 10.8. The van der Waals surface area contributed by atoms with E-state index < -0.39 is 0 Å². The molecule has 5 heteroatoms. The standard InChI is InChI=1S/C13H14N2O3/c1-15-10(8-16)7-11(14-15)9-4-5-12(17-2)13(6-9)18-3/h4-8H,1-3H3. The second-order valence-corrected chi connectivity index (χ2v) is 3.77. The van der Waals surface area contributed by atoms with Crippen molar-refractivity contribution in [2.75, 3.05) is 14.2 Å². The van der Waals surface area contributed by atoms with Crippen LogP contribution in [0, 0.1) is 0 Å². The minimum absolute atomic E-state index is 0.528. The minimum atomic E-state index is 0.528. The monoisotopic (exact) mass is 246 g/mol. The van der Waals surface area contributed by atoms with Crippen molar-refractivity contribution in [2.24, 2.45) is 7.05 Å². The summed E-state index contributed by atoms with van der Waals surface area (Å²) in [5, 5.41) is 4.27. The fourth-order valence-corrected chi connectivity index (χ4v) is 1.73. The van der Waals surface area contributed by atoms with Crippen LogP contribution in [0.1, 0.15) is 10.5 Å². The van der Waals surface area contributed by atoms with Crippen LogP contribution < -0.4 is 9.47 Å². The van der Waals surface area contributed by atoms with Gasteiger partial charge in [-0.05, 0) is 24.3 Å². The molecule has 0 amide bonds. The number of aromatic nitrogens is 2. The number of aryl methyl sites for hydroxylation is 1. The minimum Gasteiger partial charge on any atom is -0.493 e. The second kappa shape index (κ2) is 4.91. The zero-order chi connectivity index (χ0) is 13.1. The van der Waals surface area contributed by atoms with Gasteiger partial charge in [-0.25, -0.2) is 0 Å². The first-order chi connectivity index (χ1) is 8.69. The van der Waals surface area contributed by atoms with E-state index >= 15 is 0 Å². The largest absolute Gasteiger partial charge is 0.493 e. The molecule has 2 aromatic rings. The summed E-state index contributed by atoms with van der Waals surface area (Å²) in [6, 6.07) is 7.24. The van der Waals surface area contributed by atoms with Crippen LogP contribution in [0.5, 0.6) is 11.5 Å². The highest BCUT2D eigenvalue weighted by Gasteiger charge is 2.10. The molecule has 1 heterocycles. The predicted octanol–water partition coefficient (Wildman–Crippen LogP) is 1.92. The van der Waals surface area contributed by atoms with Gasteiger partial charge in [0.1, 0.15) is 5.69 Å². The molecule has 0 fully saturated rings. The van der Waals surface area contributed by atoms with Crippen LogP contribution in [-0.4, -0.2) is 30.3 Å². The van der Waals surface area contributed by atoms with Gasteiger partial charge in [0.25, 0.3) is 0 Å². The molecule has 0 radical (unpaired) electrons. The van der Waals surface area contributed by atoms with Crippen molar-refractivity contribution < 1.29 is 14.3 Å². The van der Waals surface area contributed by atoms with Gasteiger partial charge >= 0.3 is 0 Å². The molecule has 0 aliphatic rings. The lowest BCUT2D eigenvalue weighted by molar-refractivity contribution is 0.111. The first-order valence-electron chi connectivity index (χ1n) is 5.41. The molecule has 0 bridgehead atoms. The quantitative estimate of drug-likeness (QED) is 0.773. The molecule has 0 unspecified atom stereocenters. The highest BCUT2D eigenvalue weighted by Crippen LogP contribution is 2.31. The maximum Gasteiger partial charge on any atom is 0.168 e. The van der Waals surface area contributed by atoms with Gasteiger partial charge in [0.15, 0.2) is 17.8 Å². The molecule has 94 valence electrons. The van der Waals surface area contributed by atoms with Crippen LogP contribution >= 0.6 is 0 Å². The van der Waals surface area contributed by atoms with Crippen molar-refractivity contribution in [3.8, 4) is 22.8 Å². The van der Waals surface area contributed by atoms with Gasteiger partial charge in [-0.3, -0.25) is 9.48 Å². The number of rotatable bonds is 4. The lowest BCUT2D eigenvalue weighted by Gasteiger charge is -2.08. The van der Waals surface area contributed by atoms with Gasteiger partial charge in [0, 0.05) is 12.6 Å². The Morgan fingerprint density at radius 3 is 2.44 bits per heavy atom. The van der Waals surface area contributed by atoms with E-state index in [0.29, 0.717) is 17.2 Å². The molecule has 0 saturated carbocycles. The van der Waals surface area contributed by atoms with Gasteiger partial charge in [-0.2, -0.15) is 5.10 Å². The molecule has 0 saturated heterocycles. The fourth-order valence-electron chi connectivity index (χ4n) is 1.73. The van der Waals surface area contributed by atoms with Crippen LogP contribution in [0.4, 0.5) is 0 Å². The Balaban J connectivity index is 2.47. The van der Waals surface area contributed by atoms with Crippen molar-refractivity contribution >= 4 is 6.29 Å². The number of aldehydes is 1. The Morgan fingerprint density at radius 2 is 1.89 bits per heavy atom. The van der Waals surface area contributed by atoms with Crippen LogP contribution in [0.3, 0.4) is 0 Å². The molecule has 0 atom stereocenters. The Morgan fingerprint density at radius 1 is 1.17 bits per heavy atom. The zero-order valence-corrected chi connectivity index (χ0v) is 10.5. The van der Waals surface area contributed by atoms with Gasteiger partial charge in [0.2, 0.25) is 0 Å². The van der Waals surface area contributed by atoms with Crippen molar-refractivity contribution in [1.29, 1.82) is 0 Å². The summed E-state index contributed by atoms with van der Waals surface area (Å²) in [6.45, 7) is 0. The molecule has 0 N–H and O–H groups in total. The Kier molecular flexibility index (Phi) is 3.32. The summed E-state index contributed by atoms with van der Waals surface area (Å²) in [4.78, 5) is 10.8. The number of hydrogen-bond donors (Lipinski definition) is 0. The van der Waals surface area contributed by atoms with Crippen LogP contribution in [0.25, 0.3) is 11.3 Å². The summed E-state index contributed by atoms with van der Waals surface area (Å²) in [5.74, 6) is 1.29. The van der Waals surface area contributed by atoms with E-state index in [1.165, 1.54) is 0 Å². The lowest BCUT2D eigenvalue weighted by atomic mass is 10.1. The topological polar surface area (TPSA) is 53.4 Å². The summed E-state index contributed by atoms with van der Waals surface area (Å²) in [5.41, 5.74) is 2.12. The van der Waals surface area contributed by atoms with E-state index in [1.807, 2.05) is 18.2 Å². The number of benzene rings is 1. The molecule has 2 rings (SSSR count). The van der Waals surface area contributed by atoms with Gasteiger partial charge in [0.05, 0.1) is 19.9 Å². The van der Waals surface area contributed by atoms with E-state index in [4.69, 9.17) is 9.47 Å². The SMILES string of the molecule is COc1ccc(-c2cc(C=O)n(C)n2)cc1OC. The molecular formula is C13H14N2O3. The van der Waals surface area contributed by atoms with Crippen molar-refractivity contribution in [1.82, 2.24) is 9.78 Å². The third kappa shape index (κ3) is 2.07. The first-order valence-corrected chi connectivity index (χ1v) is 5.41. The average Bonchev–Trinajstić information content (AvgIpc) is 2.79. The molecule has 0 aliphatic heterocycles. The zero-order valence-electron chi connectivity index (χ0n) is 10.5. The van der Waals surface area contributed by atoms with Crippen LogP contribution in [-0.2, 0) is 7.05 Å². The van der Waals surface area contributed by atoms with Crippen molar-refractivity contribution in [3.05, 3.63) is 30.0 Å². The van der Waals surface area contributed by atoms with E-state index in [2.05, 4.69) is 5.10 Å². The summed E-state index contributed by atoms with van der Waals surface area (Å²) >= 11 is 0. The third-order valence-electron chi connectivity index (χ3n) is 2.72. The molecule has 18 heavy (non-hydrogen) atoms. The Hall–Kier alpha value is -2.30. The number of carbonyl (C=O) groups excluding carboxylic acids is 1. The number of nitrogens with zero attached hydrogens (tertiary/aromatic N) is 2. The summed E-state index contributed by atoms with van der Waals surface area (Å²) in [6.07, 6.45) is 0.775. The number of hydrogen-bond acceptors (Lipinski definition) is 4. The van der Waals surface area contributed by atoms with Crippen LogP contribution in [0.15, 0.2) is 24.3 Å². The highest BCUT2D eigenvalue weighted by molar-refractivity contribution is 5.76. The molecule has 1 aromatic heterocycles. The second-order valence-electron chi connectivity index (χ2n) is 3.77. The van der Waals surface area contributed by atoms with Crippen molar-refractivity contribution in [2.45, 2.75) is 0 Å². The fraction of sp³-hybridized carbons (Fsp3) is 0.231. The van der Waals surface area contributed by atoms with E-state index in [0.717, 1.165) is 17.5 Å². The summed E-state index contributed by atoms with van der Waals surface area (Å²) in [7, 11) is 4.90. The highest BCUT2D eigenvalue weighted by atomic mass is 16.5. The lowest BCUT2D eigenvalue weighted by Crippen LogP contribution is -1.95. The Labute approximate surface area is 105 Å². The normalized spacial score (nSPS) is 10.2. The molecule has 0 aliphatic carbocycles.